The zero-order valence-electron chi connectivity index (χ0n) is 7.96. The Bertz CT molecular complexity index is 156. The molecule has 1 heterocycles. The third-order valence-corrected chi connectivity index (χ3v) is 2.27. The van der Waals surface area contributed by atoms with Gasteiger partial charge in [0.15, 0.2) is 0 Å². The molecule has 1 amide bonds. The third kappa shape index (κ3) is 3.74. The highest BCUT2D eigenvalue weighted by Crippen LogP contribution is 2.01. The van der Waals surface area contributed by atoms with Crippen LogP contribution in [-0.2, 0) is 4.79 Å². The lowest BCUT2D eigenvalue weighted by Crippen LogP contribution is -2.46. The predicted molar refractivity (Wildman–Crippen MR) is 50.4 cm³/mol. The van der Waals surface area contributed by atoms with E-state index in [1.165, 1.54) is 0 Å². The molecule has 0 aliphatic carbocycles. The van der Waals surface area contributed by atoms with E-state index in [1.807, 2.05) is 4.90 Å². The summed E-state index contributed by atoms with van der Waals surface area (Å²) in [6.45, 7) is 3.67. The van der Waals surface area contributed by atoms with Crippen LogP contribution in [0.3, 0.4) is 0 Å². The Labute approximate surface area is 78.9 Å². The molecule has 4 nitrogen and oxygen atoms in total. The lowest BCUT2D eigenvalue weighted by Gasteiger charge is -2.27. The van der Waals surface area contributed by atoms with Gasteiger partial charge in [-0.05, 0) is 12.8 Å². The Morgan fingerprint density at radius 1 is 1.31 bits per heavy atom. The van der Waals surface area contributed by atoms with Gasteiger partial charge in [-0.25, -0.2) is 0 Å². The molecule has 0 radical (unpaired) electrons. The van der Waals surface area contributed by atoms with Crippen LogP contribution >= 0.6 is 0 Å². The largest absolute Gasteiger partial charge is 0.396 e. The van der Waals surface area contributed by atoms with Gasteiger partial charge in [-0.2, -0.15) is 0 Å². The summed E-state index contributed by atoms with van der Waals surface area (Å²) in [5.74, 6) is 0.231. The maximum atomic E-state index is 11.5. The van der Waals surface area contributed by atoms with Gasteiger partial charge in [0, 0.05) is 39.2 Å². The molecule has 0 saturated carbocycles. The first-order chi connectivity index (χ1) is 6.34. The van der Waals surface area contributed by atoms with E-state index in [0.717, 1.165) is 39.0 Å². The molecule has 2 N–H and O–H groups in total. The first-order valence-electron chi connectivity index (χ1n) is 4.94. The number of aliphatic hydroxyl groups is 1. The second kappa shape index (κ2) is 5.94. The quantitative estimate of drug-likeness (QED) is 0.586. The summed E-state index contributed by atoms with van der Waals surface area (Å²) in [6.07, 6.45) is 2.12. The molecule has 0 aromatic heterocycles. The first-order valence-corrected chi connectivity index (χ1v) is 4.94. The van der Waals surface area contributed by atoms with Gasteiger partial charge in [0.25, 0.3) is 0 Å². The molecular weight excluding hydrogens is 168 g/mol. The van der Waals surface area contributed by atoms with Crippen molar-refractivity contribution in [1.82, 2.24) is 10.2 Å². The zero-order chi connectivity index (χ0) is 9.52. The van der Waals surface area contributed by atoms with Crippen molar-refractivity contribution in [1.29, 1.82) is 0 Å². The third-order valence-electron chi connectivity index (χ3n) is 2.27. The van der Waals surface area contributed by atoms with E-state index >= 15 is 0 Å². The number of piperazine rings is 1. The lowest BCUT2D eigenvalue weighted by atomic mass is 10.2. The van der Waals surface area contributed by atoms with E-state index in [-0.39, 0.29) is 12.5 Å². The molecule has 1 rings (SSSR count). The summed E-state index contributed by atoms with van der Waals surface area (Å²) >= 11 is 0. The summed E-state index contributed by atoms with van der Waals surface area (Å²) in [4.78, 5) is 13.4. The fraction of sp³-hybridized carbons (Fsp3) is 0.889. The topological polar surface area (TPSA) is 52.6 Å². The maximum absolute atomic E-state index is 11.5. The molecule has 0 spiro atoms. The minimum Gasteiger partial charge on any atom is -0.396 e. The second-order valence-electron chi connectivity index (χ2n) is 3.31. The van der Waals surface area contributed by atoms with Gasteiger partial charge in [0.1, 0.15) is 0 Å². The highest BCUT2D eigenvalue weighted by atomic mass is 16.3. The summed E-state index contributed by atoms with van der Waals surface area (Å²) in [5.41, 5.74) is 0. The number of aliphatic hydroxyl groups excluding tert-OH is 1. The molecule has 0 bridgehead atoms. The van der Waals surface area contributed by atoms with Gasteiger partial charge in [0.2, 0.25) is 5.91 Å². The predicted octanol–water partition coefficient (Wildman–Crippen LogP) is -0.419. The van der Waals surface area contributed by atoms with E-state index < -0.39 is 0 Å². The summed E-state index contributed by atoms with van der Waals surface area (Å²) < 4.78 is 0. The first kappa shape index (κ1) is 10.5. The number of hydrogen-bond donors (Lipinski definition) is 2. The van der Waals surface area contributed by atoms with Crippen molar-refractivity contribution in [3.8, 4) is 0 Å². The van der Waals surface area contributed by atoms with Gasteiger partial charge in [-0.1, -0.05) is 0 Å². The molecule has 1 fully saturated rings. The highest BCUT2D eigenvalue weighted by Gasteiger charge is 2.14. The van der Waals surface area contributed by atoms with Gasteiger partial charge >= 0.3 is 0 Å². The van der Waals surface area contributed by atoms with E-state index in [2.05, 4.69) is 5.32 Å². The van der Waals surface area contributed by atoms with Crippen molar-refractivity contribution < 1.29 is 9.90 Å². The molecule has 0 aromatic carbocycles. The van der Waals surface area contributed by atoms with Crippen molar-refractivity contribution in [3.63, 3.8) is 0 Å². The van der Waals surface area contributed by atoms with Gasteiger partial charge in [-0.3, -0.25) is 4.79 Å². The molecule has 0 atom stereocenters. The SMILES string of the molecule is O=C(CCCCO)N1CCNCC1. The highest BCUT2D eigenvalue weighted by molar-refractivity contribution is 5.76. The van der Waals surface area contributed by atoms with Crippen LogP contribution < -0.4 is 5.32 Å². The van der Waals surface area contributed by atoms with Gasteiger partial charge in [-0.15, -0.1) is 0 Å². The van der Waals surface area contributed by atoms with E-state index in [1.54, 1.807) is 0 Å². The number of carbonyl (C=O) groups excluding carboxylic acids is 1. The van der Waals surface area contributed by atoms with Gasteiger partial charge < -0.3 is 15.3 Å². The van der Waals surface area contributed by atoms with Crippen LogP contribution in [0, 0.1) is 0 Å². The van der Waals surface area contributed by atoms with E-state index in [0.29, 0.717) is 6.42 Å². The smallest absolute Gasteiger partial charge is 0.222 e. The molecule has 1 aliphatic heterocycles. The van der Waals surface area contributed by atoms with E-state index in [4.69, 9.17) is 5.11 Å². The average Bonchev–Trinajstić information content (AvgIpc) is 2.19. The molecule has 13 heavy (non-hydrogen) atoms. The number of nitrogens with zero attached hydrogens (tertiary/aromatic N) is 1. The standard InChI is InChI=1S/C9H18N2O2/c12-8-2-1-3-9(13)11-6-4-10-5-7-11/h10,12H,1-8H2. The Morgan fingerprint density at radius 3 is 2.62 bits per heavy atom. The van der Waals surface area contributed by atoms with Crippen LogP contribution in [0.5, 0.6) is 0 Å². The molecule has 4 heteroatoms. The Morgan fingerprint density at radius 2 is 2.00 bits per heavy atom. The lowest BCUT2D eigenvalue weighted by molar-refractivity contribution is -0.131. The minimum atomic E-state index is 0.189. The van der Waals surface area contributed by atoms with Crippen molar-refractivity contribution >= 4 is 5.91 Å². The summed E-state index contributed by atoms with van der Waals surface area (Å²) in [6, 6.07) is 0. The number of carbonyl (C=O) groups is 1. The molecule has 1 saturated heterocycles. The number of unbranched alkanes of at least 4 members (excludes halogenated alkanes) is 1. The molecule has 76 valence electrons. The summed E-state index contributed by atoms with van der Waals surface area (Å²) in [5, 5.41) is 11.8. The fourth-order valence-electron chi connectivity index (χ4n) is 1.46. The molecule has 1 aliphatic rings. The number of hydrogen-bond acceptors (Lipinski definition) is 3. The fourth-order valence-corrected chi connectivity index (χ4v) is 1.46. The second-order valence-corrected chi connectivity index (χ2v) is 3.31. The number of nitrogens with one attached hydrogen (secondary N) is 1. The van der Waals surface area contributed by atoms with Crippen LogP contribution in [0.25, 0.3) is 0 Å². The Balaban J connectivity index is 2.13. The Kier molecular flexibility index (Phi) is 4.78. The van der Waals surface area contributed by atoms with Gasteiger partial charge in [0.05, 0.1) is 0 Å². The van der Waals surface area contributed by atoms with Crippen LogP contribution in [-0.4, -0.2) is 48.7 Å². The maximum Gasteiger partial charge on any atom is 0.222 e. The number of amides is 1. The number of rotatable bonds is 4. The van der Waals surface area contributed by atoms with Crippen LogP contribution in [0.15, 0.2) is 0 Å². The molecule has 0 aromatic rings. The minimum absolute atomic E-state index is 0.189. The monoisotopic (exact) mass is 186 g/mol. The van der Waals surface area contributed by atoms with Crippen LogP contribution in [0.1, 0.15) is 19.3 Å². The van der Waals surface area contributed by atoms with Crippen molar-refractivity contribution in [2.24, 2.45) is 0 Å². The van der Waals surface area contributed by atoms with Crippen LogP contribution in [0.4, 0.5) is 0 Å². The summed E-state index contributed by atoms with van der Waals surface area (Å²) in [7, 11) is 0. The zero-order valence-corrected chi connectivity index (χ0v) is 7.96. The molecular formula is C9H18N2O2. The van der Waals surface area contributed by atoms with Crippen molar-refractivity contribution in [2.75, 3.05) is 32.8 Å². The normalized spacial score (nSPS) is 17.5. The Hall–Kier alpha value is -0.610. The molecule has 0 unspecified atom stereocenters. The van der Waals surface area contributed by atoms with Crippen molar-refractivity contribution in [3.05, 3.63) is 0 Å². The van der Waals surface area contributed by atoms with Crippen LogP contribution in [0.2, 0.25) is 0 Å². The van der Waals surface area contributed by atoms with Crippen molar-refractivity contribution in [2.45, 2.75) is 19.3 Å². The average molecular weight is 186 g/mol. The van der Waals surface area contributed by atoms with E-state index in [9.17, 15) is 4.79 Å².